The van der Waals surface area contributed by atoms with Crippen molar-refractivity contribution in [3.8, 4) is 56.3 Å². The number of imidazole rings is 1. The van der Waals surface area contributed by atoms with E-state index < -0.39 is 8.07 Å². The molecule has 4 nitrogen and oxygen atoms in total. The average Bonchev–Trinajstić information content (AvgIpc) is 3.60. The zero-order valence-corrected chi connectivity index (χ0v) is 45.1. The van der Waals surface area contributed by atoms with Crippen molar-refractivity contribution in [2.24, 2.45) is 0 Å². The number of hydrogen-bond donors (Lipinski definition) is 1. The third-order valence-electron chi connectivity index (χ3n) is 13.8. The van der Waals surface area contributed by atoms with Crippen LogP contribution in [0.2, 0.25) is 19.1 Å². The molecule has 0 fully saturated rings. The summed E-state index contributed by atoms with van der Waals surface area (Å²) >= 11 is 0. The Morgan fingerprint density at radius 3 is 1.91 bits per heavy atom. The van der Waals surface area contributed by atoms with E-state index in [2.05, 4.69) is 218 Å². The first-order valence-electron chi connectivity index (χ1n) is 23.4. The first kappa shape index (κ1) is 48.4. The molecule has 0 bridgehead atoms. The van der Waals surface area contributed by atoms with E-state index in [1.165, 1.54) is 45.6 Å². The van der Waals surface area contributed by atoms with E-state index in [1.54, 1.807) is 0 Å². The van der Waals surface area contributed by atoms with Crippen LogP contribution in [-0.2, 0) is 48.1 Å². The molecule has 0 spiro atoms. The van der Waals surface area contributed by atoms with Gasteiger partial charge in [-0.1, -0.05) is 188 Å². The van der Waals surface area contributed by atoms with Crippen molar-refractivity contribution in [2.75, 3.05) is 0 Å². The summed E-state index contributed by atoms with van der Waals surface area (Å²) in [6.07, 6.45) is 3.08. The Balaban J connectivity index is 0.00000630. The molecule has 1 aliphatic heterocycles. The number of phenols is 1. The van der Waals surface area contributed by atoms with Gasteiger partial charge in [0.1, 0.15) is 11.6 Å². The standard InChI is InChI=1S/C59H70N3OSi.Pt/c1-55(2,3)41-32-39(31-40(33-41)47-34-38(27-29-60-47)37-21-18-17-19-22-37)43-23-20-24-48-51(43)61-54(44-35-42(56(4,5)6)36-46(52(44)63)58(10,11)12)62(48)49-26-25-45(57(7,8)9)50-53(49)64(15,16)30-28-59(50,13)14;/h17-27,29,32-36,63H,28,30H2,1-16H3;/q-1;. The van der Waals surface area contributed by atoms with Gasteiger partial charge in [0.25, 0.3) is 0 Å². The van der Waals surface area contributed by atoms with Gasteiger partial charge in [0.2, 0.25) is 0 Å². The van der Waals surface area contributed by atoms with Gasteiger partial charge in [-0.2, -0.15) is 0 Å². The topological polar surface area (TPSA) is 50.9 Å². The second-order valence-electron chi connectivity index (χ2n) is 24.0. The summed E-state index contributed by atoms with van der Waals surface area (Å²) in [7, 11) is -2.02. The first-order chi connectivity index (χ1) is 29.7. The monoisotopic (exact) mass is 1060 g/mol. The molecule has 0 unspecified atom stereocenters. The number of aromatic hydroxyl groups is 1. The predicted octanol–water partition coefficient (Wildman–Crippen LogP) is 15.4. The Kier molecular flexibility index (Phi) is 12.4. The van der Waals surface area contributed by atoms with Crippen molar-refractivity contribution in [1.29, 1.82) is 0 Å². The molecule has 8 rings (SSSR count). The molecule has 0 saturated carbocycles. The normalized spacial score (nSPS) is 15.1. The van der Waals surface area contributed by atoms with E-state index in [0.717, 1.165) is 61.5 Å². The second-order valence-corrected chi connectivity index (χ2v) is 28.8. The van der Waals surface area contributed by atoms with Crippen molar-refractivity contribution < 1.29 is 26.2 Å². The molecule has 0 amide bonds. The minimum atomic E-state index is -2.02. The molecule has 7 aromatic rings. The molecular formula is C59H70N3OPtSi-. The van der Waals surface area contributed by atoms with Crippen molar-refractivity contribution in [1.82, 2.24) is 14.5 Å². The first-order valence-corrected chi connectivity index (χ1v) is 26.6. The third-order valence-corrected chi connectivity index (χ3v) is 17.2. The summed E-state index contributed by atoms with van der Waals surface area (Å²) in [5.74, 6) is 1.06. The van der Waals surface area contributed by atoms with Gasteiger partial charge >= 0.3 is 0 Å². The van der Waals surface area contributed by atoms with Gasteiger partial charge in [-0.25, -0.2) is 4.98 Å². The smallest absolute Gasteiger partial charge is 0.148 e. The second kappa shape index (κ2) is 16.6. The van der Waals surface area contributed by atoms with Crippen LogP contribution in [0.5, 0.6) is 5.75 Å². The molecule has 65 heavy (non-hydrogen) atoms. The van der Waals surface area contributed by atoms with Gasteiger partial charge in [-0.05, 0) is 90.8 Å². The third kappa shape index (κ3) is 9.02. The Bertz CT molecular complexity index is 2930. The van der Waals surface area contributed by atoms with Crippen LogP contribution in [0.25, 0.3) is 61.6 Å². The Morgan fingerprint density at radius 2 is 1.28 bits per heavy atom. The summed E-state index contributed by atoms with van der Waals surface area (Å²) in [5.41, 5.74) is 15.5. The van der Waals surface area contributed by atoms with Gasteiger partial charge in [-0.3, -0.25) is 9.55 Å². The summed E-state index contributed by atoms with van der Waals surface area (Å²) in [6.45, 7) is 37.3. The molecule has 6 heteroatoms. The molecule has 1 N–H and O–H groups in total. The quantitative estimate of drug-likeness (QED) is 0.138. The van der Waals surface area contributed by atoms with Gasteiger partial charge in [0.05, 0.1) is 24.7 Å². The minimum absolute atomic E-state index is 0. The zero-order valence-electron chi connectivity index (χ0n) is 41.8. The van der Waals surface area contributed by atoms with Crippen LogP contribution in [0, 0.1) is 6.07 Å². The fourth-order valence-corrected chi connectivity index (χ4v) is 13.4. The fraction of sp³-hybridized carbons (Fsp3) is 0.390. The number of pyridine rings is 1. The molecule has 2 aromatic heterocycles. The fourth-order valence-electron chi connectivity index (χ4n) is 9.89. The number of rotatable bonds is 5. The van der Waals surface area contributed by atoms with E-state index >= 15 is 0 Å². The van der Waals surface area contributed by atoms with Crippen LogP contribution in [0.3, 0.4) is 0 Å². The van der Waals surface area contributed by atoms with Crippen molar-refractivity contribution in [3.05, 3.63) is 137 Å². The van der Waals surface area contributed by atoms with Crippen LogP contribution in [0.15, 0.2) is 103 Å². The molecule has 0 saturated heterocycles. The Morgan fingerprint density at radius 1 is 0.646 bits per heavy atom. The molecule has 0 aliphatic carbocycles. The van der Waals surface area contributed by atoms with E-state index in [1.807, 2.05) is 6.20 Å². The van der Waals surface area contributed by atoms with E-state index in [-0.39, 0.29) is 48.1 Å². The number of hydrogen-bond acceptors (Lipinski definition) is 3. The largest absolute Gasteiger partial charge is 0.507 e. The maximum atomic E-state index is 12.7. The summed E-state index contributed by atoms with van der Waals surface area (Å²) in [5, 5.41) is 14.2. The molecule has 5 aromatic carbocycles. The number of benzene rings is 5. The van der Waals surface area contributed by atoms with Crippen LogP contribution >= 0.6 is 0 Å². The van der Waals surface area contributed by atoms with Crippen LogP contribution in [-0.4, -0.2) is 27.7 Å². The van der Waals surface area contributed by atoms with Crippen LogP contribution in [0.1, 0.15) is 131 Å². The molecule has 1 aliphatic rings. The SMILES string of the molecule is CC(C)(C)c1cc(-c2cc(-c3ccccc3)ccn2)[c-]c(-c2cccc3c2nc(-c2cc(C(C)(C)C)cc(C(C)(C)C)c2O)n3-c2ccc(C(C)(C)C)c3c2[Si](C)(C)CCC3(C)C)c1.[Pt]. The molecule has 3 heterocycles. The van der Waals surface area contributed by atoms with E-state index in [4.69, 9.17) is 9.97 Å². The van der Waals surface area contributed by atoms with Crippen LogP contribution in [0.4, 0.5) is 0 Å². The molecular weight excluding hydrogens is 990 g/mol. The molecule has 342 valence electrons. The van der Waals surface area contributed by atoms with Crippen molar-refractivity contribution in [2.45, 2.75) is 150 Å². The van der Waals surface area contributed by atoms with Crippen LogP contribution < -0.4 is 5.19 Å². The number of aromatic nitrogens is 3. The van der Waals surface area contributed by atoms with Gasteiger partial charge < -0.3 is 5.11 Å². The number of nitrogens with zero attached hydrogens (tertiary/aromatic N) is 3. The van der Waals surface area contributed by atoms with Crippen molar-refractivity contribution >= 4 is 24.3 Å². The van der Waals surface area contributed by atoms with Gasteiger partial charge in [-0.15, -0.1) is 29.3 Å². The average molecular weight is 1060 g/mol. The van der Waals surface area contributed by atoms with E-state index in [0.29, 0.717) is 5.75 Å². The summed E-state index contributed by atoms with van der Waals surface area (Å²) in [4.78, 5) is 10.7. The van der Waals surface area contributed by atoms with E-state index in [9.17, 15) is 5.11 Å². The number of para-hydroxylation sites is 1. The molecule has 0 radical (unpaired) electrons. The maximum Gasteiger partial charge on any atom is 0.148 e. The molecule has 0 atom stereocenters. The summed E-state index contributed by atoms with van der Waals surface area (Å²) in [6, 6.07) is 40.2. The van der Waals surface area contributed by atoms with Gasteiger partial charge in [0, 0.05) is 44.2 Å². The predicted molar refractivity (Wildman–Crippen MR) is 275 cm³/mol. The minimum Gasteiger partial charge on any atom is -0.507 e. The number of phenolic OH excluding ortho intramolecular Hbond substituents is 1. The van der Waals surface area contributed by atoms with Crippen molar-refractivity contribution in [3.63, 3.8) is 0 Å². The Labute approximate surface area is 405 Å². The number of fused-ring (bicyclic) bond motifs is 2. The van der Waals surface area contributed by atoms with Gasteiger partial charge in [0.15, 0.2) is 0 Å². The Hall–Kier alpha value is -4.57. The summed E-state index contributed by atoms with van der Waals surface area (Å²) < 4.78 is 2.42. The maximum absolute atomic E-state index is 12.7. The zero-order chi connectivity index (χ0) is 46.5.